The lowest BCUT2D eigenvalue weighted by Gasteiger charge is -2.19. The van der Waals surface area contributed by atoms with Gasteiger partial charge in [0.2, 0.25) is 5.78 Å². The quantitative estimate of drug-likeness (QED) is 0.442. The Morgan fingerprint density at radius 3 is 2.21 bits per heavy atom. The summed E-state index contributed by atoms with van der Waals surface area (Å²) in [4.78, 5) is 13.3. The Morgan fingerprint density at radius 2 is 1.42 bits per heavy atom. The maximum Gasteiger partial charge on any atom is 0.282 e. The van der Waals surface area contributed by atoms with E-state index in [9.17, 15) is 13.2 Å². The number of carbonyl (C=O) groups excluding carboxylic acids is 1. The van der Waals surface area contributed by atoms with Crippen molar-refractivity contribution in [1.82, 2.24) is 0 Å². The molecule has 0 saturated carbocycles. The number of hydrogen-bond donors (Lipinski definition) is 1. The number of nitrogens with one attached hydrogen (secondary N) is 1. The van der Waals surface area contributed by atoms with Crippen LogP contribution in [0.5, 0.6) is 0 Å². The number of allylic oxidation sites excluding steroid dienone is 2. The third-order valence-electron chi connectivity index (χ3n) is 5.57. The lowest BCUT2D eigenvalue weighted by molar-refractivity contribution is 0.103. The topological polar surface area (TPSA) is 75.6 Å². The van der Waals surface area contributed by atoms with Crippen molar-refractivity contribution < 1.29 is 13.2 Å². The third kappa shape index (κ3) is 3.97. The molecule has 4 aromatic rings. The third-order valence-corrected chi connectivity index (χ3v) is 6.87. The van der Waals surface area contributed by atoms with Gasteiger partial charge in [-0.2, -0.15) is 12.8 Å². The van der Waals surface area contributed by atoms with Crippen molar-refractivity contribution in [2.45, 2.75) is 11.8 Å². The summed E-state index contributed by atoms with van der Waals surface area (Å²) in [7, 11) is -3.96. The summed E-state index contributed by atoms with van der Waals surface area (Å²) in [5, 5.41) is 5.20. The number of rotatable bonds is 4. The number of Topliss-reactive ketones (excluding diaryl/α,β-unsaturated/α-hetero) is 1. The first-order chi connectivity index (χ1) is 15.9. The molecule has 0 fully saturated rings. The SMILES string of the molecule is Cc1ccc(S(=O)(=O)/N=C2/C=C(Nc3cccc4ccccc34)C(=O)c3ccccc32)cc1. The van der Waals surface area contributed by atoms with Crippen molar-refractivity contribution in [2.24, 2.45) is 4.40 Å². The van der Waals surface area contributed by atoms with E-state index in [-0.39, 0.29) is 22.1 Å². The highest BCUT2D eigenvalue weighted by Crippen LogP contribution is 2.28. The van der Waals surface area contributed by atoms with Crippen LogP contribution in [-0.2, 0) is 10.0 Å². The van der Waals surface area contributed by atoms with Crippen LogP contribution in [0.25, 0.3) is 10.8 Å². The monoisotopic (exact) mass is 452 g/mol. The summed E-state index contributed by atoms with van der Waals surface area (Å²) in [6, 6.07) is 27.1. The van der Waals surface area contributed by atoms with Gasteiger partial charge in [-0.25, -0.2) is 0 Å². The Kier molecular flexibility index (Phi) is 5.15. The zero-order chi connectivity index (χ0) is 23.0. The average Bonchev–Trinajstić information content (AvgIpc) is 2.82. The zero-order valence-electron chi connectivity index (χ0n) is 17.8. The van der Waals surface area contributed by atoms with Gasteiger partial charge in [0.1, 0.15) is 0 Å². The Bertz CT molecular complexity index is 1560. The number of nitrogens with zero attached hydrogens (tertiary/aromatic N) is 1. The van der Waals surface area contributed by atoms with Gasteiger partial charge in [-0.05, 0) is 36.6 Å². The van der Waals surface area contributed by atoms with Crippen molar-refractivity contribution in [3.05, 3.63) is 119 Å². The molecule has 0 radical (unpaired) electrons. The molecular weight excluding hydrogens is 432 g/mol. The lowest BCUT2D eigenvalue weighted by Crippen LogP contribution is -2.22. The highest BCUT2D eigenvalue weighted by atomic mass is 32.2. The standard InChI is InChI=1S/C27H20N2O3S/c1-18-13-15-20(16-14-18)33(31,32)29-25-17-26(27(30)23-11-5-4-10-22(23)25)28-24-12-6-8-19-7-2-3-9-21(19)24/h2-17,28H,1H3/b29-25-. The Labute approximate surface area is 192 Å². The van der Waals surface area contributed by atoms with Crippen molar-refractivity contribution in [3.63, 3.8) is 0 Å². The first-order valence-corrected chi connectivity index (χ1v) is 11.9. The van der Waals surface area contributed by atoms with Crippen molar-refractivity contribution in [3.8, 4) is 0 Å². The largest absolute Gasteiger partial charge is 0.352 e. The van der Waals surface area contributed by atoms with E-state index in [0.29, 0.717) is 11.1 Å². The van der Waals surface area contributed by atoms with E-state index in [0.717, 1.165) is 22.0 Å². The predicted molar refractivity (Wildman–Crippen MR) is 131 cm³/mol. The first kappa shape index (κ1) is 20.8. The minimum atomic E-state index is -3.96. The lowest BCUT2D eigenvalue weighted by atomic mass is 9.92. The second kappa shape index (κ2) is 8.15. The number of benzene rings is 4. The molecule has 1 N–H and O–H groups in total. The van der Waals surface area contributed by atoms with Gasteiger partial charge in [0.25, 0.3) is 10.0 Å². The fourth-order valence-electron chi connectivity index (χ4n) is 3.87. The van der Waals surface area contributed by atoms with Crippen LogP contribution in [0.2, 0.25) is 0 Å². The fourth-order valence-corrected chi connectivity index (χ4v) is 4.87. The molecule has 6 heteroatoms. The number of sulfonamides is 1. The van der Waals surface area contributed by atoms with Crippen LogP contribution >= 0.6 is 0 Å². The molecule has 0 spiro atoms. The smallest absolute Gasteiger partial charge is 0.282 e. The number of aryl methyl sites for hydroxylation is 1. The maximum absolute atomic E-state index is 13.2. The first-order valence-electron chi connectivity index (χ1n) is 10.4. The van der Waals surface area contributed by atoms with Crippen LogP contribution in [0.1, 0.15) is 21.5 Å². The van der Waals surface area contributed by atoms with Gasteiger partial charge in [0.05, 0.1) is 16.3 Å². The molecule has 0 aromatic heterocycles. The molecule has 5 rings (SSSR count). The van der Waals surface area contributed by atoms with Crippen LogP contribution in [0.15, 0.2) is 112 Å². The van der Waals surface area contributed by atoms with Crippen molar-refractivity contribution >= 4 is 38.0 Å². The van der Waals surface area contributed by atoms with Crippen LogP contribution in [0, 0.1) is 6.92 Å². The van der Waals surface area contributed by atoms with Gasteiger partial charge in [-0.3, -0.25) is 4.79 Å². The van der Waals surface area contributed by atoms with E-state index >= 15 is 0 Å². The number of carbonyl (C=O) groups is 1. The van der Waals surface area contributed by atoms with Crippen LogP contribution in [0.3, 0.4) is 0 Å². The van der Waals surface area contributed by atoms with E-state index in [1.165, 1.54) is 18.2 Å². The van der Waals surface area contributed by atoms with Crippen LogP contribution < -0.4 is 5.32 Å². The van der Waals surface area contributed by atoms with E-state index in [2.05, 4.69) is 9.71 Å². The summed E-state index contributed by atoms with van der Waals surface area (Å²) in [6.07, 6.45) is 1.51. The Morgan fingerprint density at radius 1 is 0.758 bits per heavy atom. The van der Waals surface area contributed by atoms with Gasteiger partial charge in [0.15, 0.2) is 0 Å². The summed E-state index contributed by atoms with van der Waals surface area (Å²) in [5.74, 6) is -0.217. The second-order valence-corrected chi connectivity index (χ2v) is 9.45. The average molecular weight is 453 g/mol. The molecular formula is C27H20N2O3S. The van der Waals surface area contributed by atoms with Crippen LogP contribution in [-0.4, -0.2) is 19.9 Å². The van der Waals surface area contributed by atoms with Gasteiger partial charge in [-0.1, -0.05) is 78.4 Å². The predicted octanol–water partition coefficient (Wildman–Crippen LogP) is 5.52. The fraction of sp³-hybridized carbons (Fsp3) is 0.0370. The molecule has 4 aromatic carbocycles. The van der Waals surface area contributed by atoms with Gasteiger partial charge < -0.3 is 5.32 Å². The normalized spacial score (nSPS) is 14.8. The highest BCUT2D eigenvalue weighted by Gasteiger charge is 2.26. The molecule has 0 bridgehead atoms. The molecule has 1 aliphatic rings. The Balaban J connectivity index is 1.63. The van der Waals surface area contributed by atoms with Gasteiger partial charge >= 0.3 is 0 Å². The molecule has 5 nitrogen and oxygen atoms in total. The van der Waals surface area contributed by atoms with Crippen molar-refractivity contribution in [1.29, 1.82) is 0 Å². The maximum atomic E-state index is 13.2. The number of hydrogen-bond acceptors (Lipinski definition) is 4. The second-order valence-electron chi connectivity index (χ2n) is 7.85. The molecule has 0 aliphatic heterocycles. The summed E-state index contributed by atoms with van der Waals surface area (Å²) >= 11 is 0. The summed E-state index contributed by atoms with van der Waals surface area (Å²) in [5.41, 5.74) is 3.09. The molecule has 0 saturated heterocycles. The number of anilines is 1. The number of fused-ring (bicyclic) bond motifs is 2. The minimum Gasteiger partial charge on any atom is -0.352 e. The van der Waals surface area contributed by atoms with Gasteiger partial charge in [0, 0.05) is 22.2 Å². The molecule has 33 heavy (non-hydrogen) atoms. The minimum absolute atomic E-state index is 0.104. The number of ketones is 1. The van der Waals surface area contributed by atoms with E-state index < -0.39 is 10.0 Å². The molecule has 0 heterocycles. The molecule has 0 unspecified atom stereocenters. The Hall–Kier alpha value is -4.03. The van der Waals surface area contributed by atoms with Crippen molar-refractivity contribution in [2.75, 3.05) is 5.32 Å². The summed E-state index contributed by atoms with van der Waals surface area (Å²) in [6.45, 7) is 1.89. The molecule has 162 valence electrons. The zero-order valence-corrected chi connectivity index (χ0v) is 18.6. The molecule has 1 aliphatic carbocycles. The summed E-state index contributed by atoms with van der Waals surface area (Å²) < 4.78 is 30.2. The van der Waals surface area contributed by atoms with E-state index in [1.807, 2.05) is 49.4 Å². The highest BCUT2D eigenvalue weighted by molar-refractivity contribution is 7.90. The molecule has 0 amide bonds. The van der Waals surface area contributed by atoms with Gasteiger partial charge in [-0.15, -0.1) is 0 Å². The van der Waals surface area contributed by atoms with Crippen LogP contribution in [0.4, 0.5) is 5.69 Å². The van der Waals surface area contributed by atoms with E-state index in [1.54, 1.807) is 36.4 Å². The van der Waals surface area contributed by atoms with E-state index in [4.69, 9.17) is 0 Å². The molecule has 0 atom stereocenters.